The third kappa shape index (κ3) is 2.20. The molecule has 2 rings (SSSR count). The van der Waals surface area contributed by atoms with Gasteiger partial charge in [-0.2, -0.15) is 0 Å². The molecule has 16 heavy (non-hydrogen) atoms. The van der Waals surface area contributed by atoms with Crippen molar-refractivity contribution in [2.75, 3.05) is 7.11 Å². The Morgan fingerprint density at radius 1 is 1.44 bits per heavy atom. The molecule has 1 aromatic carbocycles. The first-order valence-electron chi connectivity index (χ1n) is 5.03. The largest absolute Gasteiger partial charge is 0.496 e. The van der Waals surface area contributed by atoms with Crippen LogP contribution in [0.15, 0.2) is 24.4 Å². The number of hydrogen-bond donors (Lipinski definition) is 0. The van der Waals surface area contributed by atoms with Gasteiger partial charge < -0.3 is 4.74 Å². The minimum atomic E-state index is 0.674. The Balaban J connectivity index is 2.46. The van der Waals surface area contributed by atoms with Gasteiger partial charge in [-0.3, -0.25) is 0 Å². The second-order valence-electron chi connectivity index (χ2n) is 3.33. The third-order valence-electron chi connectivity index (χ3n) is 2.30. The molecule has 0 atom stereocenters. The van der Waals surface area contributed by atoms with E-state index in [2.05, 4.69) is 11.9 Å². The summed E-state index contributed by atoms with van der Waals surface area (Å²) in [5, 5.41) is 1.65. The van der Waals surface area contributed by atoms with Crippen LogP contribution in [0.4, 0.5) is 0 Å². The second kappa shape index (κ2) is 4.85. The molecule has 0 fully saturated rings. The van der Waals surface area contributed by atoms with Crippen molar-refractivity contribution in [1.29, 1.82) is 0 Å². The molecule has 1 heterocycles. The van der Waals surface area contributed by atoms with E-state index >= 15 is 0 Å². The molecule has 0 spiro atoms. The number of rotatable bonds is 3. The summed E-state index contributed by atoms with van der Waals surface area (Å²) < 4.78 is 5.31. The lowest BCUT2D eigenvalue weighted by Gasteiger charge is -2.05. The molecule has 4 heteroatoms. The van der Waals surface area contributed by atoms with Gasteiger partial charge in [-0.15, -0.1) is 11.3 Å². The molecule has 0 aliphatic heterocycles. The van der Waals surface area contributed by atoms with E-state index in [0.717, 1.165) is 22.7 Å². The number of benzene rings is 1. The van der Waals surface area contributed by atoms with Crippen LogP contribution < -0.4 is 4.74 Å². The third-order valence-corrected chi connectivity index (χ3v) is 3.71. The Morgan fingerprint density at radius 2 is 2.25 bits per heavy atom. The molecule has 0 unspecified atom stereocenters. The van der Waals surface area contributed by atoms with Crippen molar-refractivity contribution >= 4 is 22.9 Å². The number of methoxy groups -OCH3 is 1. The maximum Gasteiger partial charge on any atom is 0.130 e. The zero-order chi connectivity index (χ0) is 11.5. The predicted octanol–water partition coefficient (Wildman–Crippen LogP) is 4.03. The van der Waals surface area contributed by atoms with E-state index in [0.29, 0.717) is 5.02 Å². The van der Waals surface area contributed by atoms with Crippen LogP contribution in [0, 0.1) is 0 Å². The second-order valence-corrected chi connectivity index (χ2v) is 4.88. The van der Waals surface area contributed by atoms with Gasteiger partial charge >= 0.3 is 0 Å². The summed E-state index contributed by atoms with van der Waals surface area (Å²) in [6.45, 7) is 2.12. The van der Waals surface area contributed by atoms with Gasteiger partial charge in [-0.1, -0.05) is 18.5 Å². The van der Waals surface area contributed by atoms with E-state index in [1.165, 1.54) is 4.88 Å². The summed E-state index contributed by atoms with van der Waals surface area (Å²) in [6.07, 6.45) is 2.92. The van der Waals surface area contributed by atoms with Crippen molar-refractivity contribution in [2.24, 2.45) is 0 Å². The molecule has 1 aromatic heterocycles. The fourth-order valence-electron chi connectivity index (χ4n) is 1.44. The van der Waals surface area contributed by atoms with Crippen LogP contribution in [0.1, 0.15) is 11.8 Å². The number of nitrogens with zero attached hydrogens (tertiary/aromatic N) is 1. The standard InChI is InChI=1S/C12H12ClNOS/c1-3-9-7-14-12(16-9)10-5-4-8(13)6-11(10)15-2/h4-7H,3H2,1-2H3. The van der Waals surface area contributed by atoms with E-state index < -0.39 is 0 Å². The quantitative estimate of drug-likeness (QED) is 0.824. The van der Waals surface area contributed by atoms with Gasteiger partial charge in [-0.25, -0.2) is 4.98 Å². The highest BCUT2D eigenvalue weighted by molar-refractivity contribution is 7.15. The topological polar surface area (TPSA) is 22.1 Å². The molecule has 0 saturated carbocycles. The fourth-order valence-corrected chi connectivity index (χ4v) is 2.48. The normalized spacial score (nSPS) is 10.4. The van der Waals surface area contributed by atoms with Crippen LogP contribution in [-0.4, -0.2) is 12.1 Å². The first kappa shape index (κ1) is 11.4. The van der Waals surface area contributed by atoms with Crippen LogP contribution in [0.25, 0.3) is 10.6 Å². The Hall–Kier alpha value is -1.06. The summed E-state index contributed by atoms with van der Waals surface area (Å²) in [5.74, 6) is 0.768. The summed E-state index contributed by atoms with van der Waals surface area (Å²) in [6, 6.07) is 5.61. The highest BCUT2D eigenvalue weighted by atomic mass is 35.5. The minimum absolute atomic E-state index is 0.674. The predicted molar refractivity (Wildman–Crippen MR) is 68.5 cm³/mol. The molecule has 0 radical (unpaired) electrons. The molecule has 0 aliphatic carbocycles. The maximum atomic E-state index is 5.92. The van der Waals surface area contributed by atoms with Gasteiger partial charge in [0.05, 0.1) is 12.7 Å². The van der Waals surface area contributed by atoms with Gasteiger partial charge in [0.2, 0.25) is 0 Å². The van der Waals surface area contributed by atoms with Crippen molar-refractivity contribution < 1.29 is 4.74 Å². The van der Waals surface area contributed by atoms with Gasteiger partial charge in [-0.05, 0) is 24.6 Å². The summed E-state index contributed by atoms with van der Waals surface area (Å²) in [4.78, 5) is 5.66. The van der Waals surface area contributed by atoms with E-state index in [1.54, 1.807) is 18.4 Å². The number of halogens is 1. The number of ether oxygens (including phenoxy) is 1. The molecule has 0 amide bonds. The van der Waals surface area contributed by atoms with E-state index in [9.17, 15) is 0 Å². The SMILES string of the molecule is CCc1cnc(-c2ccc(Cl)cc2OC)s1. The zero-order valence-corrected chi connectivity index (χ0v) is 10.7. The number of aromatic nitrogens is 1. The molecule has 2 nitrogen and oxygen atoms in total. The first-order valence-corrected chi connectivity index (χ1v) is 6.22. The van der Waals surface area contributed by atoms with Crippen molar-refractivity contribution in [1.82, 2.24) is 4.98 Å². The van der Waals surface area contributed by atoms with Gasteiger partial charge in [0.1, 0.15) is 10.8 Å². The summed E-state index contributed by atoms with van der Waals surface area (Å²) >= 11 is 7.61. The van der Waals surface area contributed by atoms with Crippen molar-refractivity contribution in [3.63, 3.8) is 0 Å². The Kier molecular flexibility index (Phi) is 3.46. The smallest absolute Gasteiger partial charge is 0.130 e. The van der Waals surface area contributed by atoms with Crippen molar-refractivity contribution in [2.45, 2.75) is 13.3 Å². The highest BCUT2D eigenvalue weighted by Gasteiger charge is 2.10. The van der Waals surface area contributed by atoms with Gasteiger partial charge in [0.15, 0.2) is 0 Å². The van der Waals surface area contributed by atoms with Crippen molar-refractivity contribution in [3.05, 3.63) is 34.3 Å². The number of aryl methyl sites for hydroxylation is 1. The molecule has 2 aromatic rings. The van der Waals surface area contributed by atoms with E-state index in [1.807, 2.05) is 24.4 Å². The monoisotopic (exact) mass is 253 g/mol. The van der Waals surface area contributed by atoms with Crippen LogP contribution in [0.3, 0.4) is 0 Å². The zero-order valence-electron chi connectivity index (χ0n) is 9.16. The Labute approximate surface area is 104 Å². The van der Waals surface area contributed by atoms with Crippen LogP contribution >= 0.6 is 22.9 Å². The average Bonchev–Trinajstić information content (AvgIpc) is 2.77. The number of thiazole rings is 1. The Morgan fingerprint density at radius 3 is 2.88 bits per heavy atom. The lowest BCUT2D eigenvalue weighted by molar-refractivity contribution is 0.416. The maximum absolute atomic E-state index is 5.92. The molecule has 84 valence electrons. The molecule has 0 aliphatic rings. The molecule has 0 N–H and O–H groups in total. The van der Waals surface area contributed by atoms with Gasteiger partial charge in [0, 0.05) is 16.1 Å². The Bertz CT molecular complexity index is 496. The van der Waals surface area contributed by atoms with Crippen LogP contribution in [-0.2, 0) is 6.42 Å². The molecule has 0 bridgehead atoms. The van der Waals surface area contributed by atoms with E-state index in [4.69, 9.17) is 16.3 Å². The fraction of sp³-hybridized carbons (Fsp3) is 0.250. The lowest BCUT2D eigenvalue weighted by Crippen LogP contribution is -1.86. The van der Waals surface area contributed by atoms with Crippen LogP contribution in [0.5, 0.6) is 5.75 Å². The van der Waals surface area contributed by atoms with Crippen LogP contribution in [0.2, 0.25) is 5.02 Å². The lowest BCUT2D eigenvalue weighted by atomic mass is 10.2. The molecule has 0 saturated heterocycles. The van der Waals surface area contributed by atoms with Gasteiger partial charge in [0.25, 0.3) is 0 Å². The molecular weight excluding hydrogens is 242 g/mol. The molecular formula is C12H12ClNOS. The first-order chi connectivity index (χ1) is 7.74. The summed E-state index contributed by atoms with van der Waals surface area (Å²) in [7, 11) is 1.64. The minimum Gasteiger partial charge on any atom is -0.496 e. The number of hydrogen-bond acceptors (Lipinski definition) is 3. The average molecular weight is 254 g/mol. The van der Waals surface area contributed by atoms with E-state index in [-0.39, 0.29) is 0 Å². The van der Waals surface area contributed by atoms with Crippen molar-refractivity contribution in [3.8, 4) is 16.3 Å². The summed E-state index contributed by atoms with van der Waals surface area (Å²) in [5.41, 5.74) is 0.997. The highest BCUT2D eigenvalue weighted by Crippen LogP contribution is 2.34.